The summed E-state index contributed by atoms with van der Waals surface area (Å²) in [7, 11) is 0. The Morgan fingerprint density at radius 2 is 0.809 bits per heavy atom. The van der Waals surface area contributed by atoms with Crippen LogP contribution in [0.15, 0.2) is 307 Å². The number of hydrogen-bond donors (Lipinski definition) is 0. The van der Waals surface area contributed by atoms with Crippen molar-refractivity contribution in [3.8, 4) is 0 Å². The van der Waals surface area contributed by atoms with Gasteiger partial charge in [0.05, 0.1) is 13.2 Å². The zero-order valence-corrected chi connectivity index (χ0v) is 49.5. The van der Waals surface area contributed by atoms with Gasteiger partial charge in [0, 0.05) is 5.92 Å². The van der Waals surface area contributed by atoms with Crippen molar-refractivity contribution in [2.24, 2.45) is 5.92 Å². The maximum absolute atomic E-state index is 8.53. The van der Waals surface area contributed by atoms with Crippen LogP contribution in [0.25, 0.3) is 97.0 Å². The van der Waals surface area contributed by atoms with Gasteiger partial charge < -0.3 is 18.9 Å². The van der Waals surface area contributed by atoms with Crippen molar-refractivity contribution in [3.05, 3.63) is 334 Å². The van der Waals surface area contributed by atoms with Gasteiger partial charge in [0.1, 0.15) is 23.4 Å². The highest BCUT2D eigenvalue weighted by atomic mass is 16.8. The molecule has 19 rings (SSSR count). The lowest BCUT2D eigenvalue weighted by atomic mass is 9.62. The van der Waals surface area contributed by atoms with E-state index >= 15 is 0 Å². The van der Waals surface area contributed by atoms with Crippen LogP contribution in [0.5, 0.6) is 0 Å². The number of ether oxygens (including phenoxy) is 4. The third kappa shape index (κ3) is 7.38. The predicted octanol–water partition coefficient (Wildman–Crippen LogP) is 20.6. The molecule has 4 heteroatoms. The van der Waals surface area contributed by atoms with E-state index in [2.05, 4.69) is 287 Å². The summed E-state index contributed by atoms with van der Waals surface area (Å²) in [6, 6.07) is 83.0. The minimum absolute atomic E-state index is 0.0533. The molecule has 0 N–H and O–H groups in total. The fourth-order valence-corrected chi connectivity index (χ4v) is 16.9. The quantitative estimate of drug-likeness (QED) is 0.114. The molecule has 14 aromatic rings. The van der Waals surface area contributed by atoms with Crippen LogP contribution in [0, 0.1) is 5.92 Å². The third-order valence-electron chi connectivity index (χ3n) is 20.6. The molecule has 0 aromatic heterocycles. The molecule has 1 saturated heterocycles. The molecule has 2 unspecified atom stereocenters. The molecule has 5 aliphatic rings. The van der Waals surface area contributed by atoms with E-state index in [1.54, 1.807) is 0 Å². The highest BCUT2D eigenvalue weighted by Gasteiger charge is 2.65. The minimum atomic E-state index is -1.47. The van der Waals surface area contributed by atoms with Crippen LogP contribution in [-0.2, 0) is 43.4 Å². The lowest BCUT2D eigenvalue weighted by Crippen LogP contribution is -2.57. The average Bonchev–Trinajstić information content (AvgIpc) is 1.70. The molecule has 0 bridgehead atoms. The standard InChI is InChI=1S/C85H60O4/c1-83(2)88-81(84(86-49-51-13-5-3-6-14-51,69-45-37-61-29-25-53-17-9-21-57-33-41-65(69)77(61)73(53)57)70-46-38-62-30-26-54-18-10-22-58-34-42-66(70)78(62)74(54)58)82(89-83)85(87-50-52-15-7-4-8-16-52,71-47-39-63-31-27-55-19-11-23-59-35-43-67(71)79(63)75(55)59)72-48-40-64-32-28-56-20-12-24-60-36-44-68(72)80(64)76(56)60/h3-19,21-48,80-82H,20,49-50H2,1-2H3/t80?,81-,82-,85?/m1/s1. The van der Waals surface area contributed by atoms with E-state index in [0.717, 1.165) is 66.7 Å². The smallest absolute Gasteiger partial charge is 0.164 e. The molecular weight excluding hydrogens is 1080 g/mol. The Labute approximate surface area is 515 Å². The summed E-state index contributed by atoms with van der Waals surface area (Å²) in [5.41, 5.74) is 9.59. The molecule has 0 saturated carbocycles. The molecule has 0 spiro atoms. The summed E-state index contributed by atoms with van der Waals surface area (Å²) in [6.45, 7) is 4.71. The van der Waals surface area contributed by atoms with Crippen molar-refractivity contribution in [2.75, 3.05) is 0 Å². The summed E-state index contributed by atoms with van der Waals surface area (Å²) in [4.78, 5) is 0. The molecule has 4 atom stereocenters. The van der Waals surface area contributed by atoms with Crippen LogP contribution in [0.1, 0.15) is 48.1 Å². The Balaban J connectivity index is 0.991. The van der Waals surface area contributed by atoms with E-state index in [9.17, 15) is 0 Å². The molecule has 1 heterocycles. The lowest BCUT2D eigenvalue weighted by Gasteiger charge is -2.50. The first kappa shape index (κ1) is 51.3. The number of allylic oxidation sites excluding steroid dienone is 12. The average molecular weight is 1150 g/mol. The molecule has 4 nitrogen and oxygen atoms in total. The monoisotopic (exact) mass is 1140 g/mol. The van der Waals surface area contributed by atoms with E-state index in [0.29, 0.717) is 0 Å². The normalized spacial score (nSPS) is 19.6. The van der Waals surface area contributed by atoms with E-state index in [4.69, 9.17) is 18.9 Å². The largest absolute Gasteiger partial charge is 0.358 e. The second-order valence-corrected chi connectivity index (χ2v) is 25.7. The second kappa shape index (κ2) is 19.1. The summed E-state index contributed by atoms with van der Waals surface area (Å²) in [6.07, 6.45) is 17.8. The molecular formula is C85H60O4. The molecule has 0 amide bonds. The van der Waals surface area contributed by atoms with Gasteiger partial charge in [-0.25, -0.2) is 0 Å². The van der Waals surface area contributed by atoms with Crippen molar-refractivity contribution in [1.29, 1.82) is 0 Å². The molecule has 1 aliphatic heterocycles. The van der Waals surface area contributed by atoms with Gasteiger partial charge in [0.15, 0.2) is 5.79 Å². The van der Waals surface area contributed by atoms with Gasteiger partial charge in [-0.15, -0.1) is 0 Å². The Hall–Kier alpha value is -9.78. The van der Waals surface area contributed by atoms with Crippen LogP contribution in [0.4, 0.5) is 0 Å². The van der Waals surface area contributed by atoms with E-state index in [-0.39, 0.29) is 19.1 Å². The molecule has 0 radical (unpaired) electrons. The number of benzene rings is 14. The maximum atomic E-state index is 8.53. The van der Waals surface area contributed by atoms with Gasteiger partial charge in [-0.05, 0) is 178 Å². The van der Waals surface area contributed by atoms with E-state index in [1.165, 1.54) is 97.9 Å². The van der Waals surface area contributed by atoms with Crippen LogP contribution in [-0.4, -0.2) is 18.0 Å². The predicted molar refractivity (Wildman–Crippen MR) is 365 cm³/mol. The molecule has 4 aliphatic carbocycles. The Kier molecular flexibility index (Phi) is 11.0. The molecule has 1 fully saturated rings. The van der Waals surface area contributed by atoms with Crippen molar-refractivity contribution in [3.63, 3.8) is 0 Å². The van der Waals surface area contributed by atoms with Gasteiger partial charge >= 0.3 is 0 Å². The zero-order chi connectivity index (χ0) is 58.7. The van der Waals surface area contributed by atoms with Gasteiger partial charge in [-0.3, -0.25) is 0 Å². The molecule has 14 aromatic carbocycles. The zero-order valence-electron chi connectivity index (χ0n) is 49.5. The fraction of sp³-hybridized carbons (Fsp3) is 0.129. The summed E-state index contributed by atoms with van der Waals surface area (Å²) < 4.78 is 33.5. The van der Waals surface area contributed by atoms with Gasteiger partial charge in [0.25, 0.3) is 0 Å². The van der Waals surface area contributed by atoms with E-state index < -0.39 is 29.2 Å². The second-order valence-electron chi connectivity index (χ2n) is 25.7. The fourth-order valence-electron chi connectivity index (χ4n) is 16.9. The van der Waals surface area contributed by atoms with Crippen molar-refractivity contribution in [1.82, 2.24) is 0 Å². The van der Waals surface area contributed by atoms with Gasteiger partial charge in [-0.1, -0.05) is 273 Å². The summed E-state index contributed by atoms with van der Waals surface area (Å²) >= 11 is 0. The first-order chi connectivity index (χ1) is 43.8. The van der Waals surface area contributed by atoms with E-state index in [1.807, 2.05) is 0 Å². The highest BCUT2D eigenvalue weighted by molar-refractivity contribution is 6.26. The third-order valence-corrected chi connectivity index (χ3v) is 20.6. The lowest BCUT2D eigenvalue weighted by molar-refractivity contribution is -0.182. The Bertz CT molecular complexity index is 5320. The minimum Gasteiger partial charge on any atom is -0.358 e. The van der Waals surface area contributed by atoms with Crippen LogP contribution >= 0.6 is 0 Å². The van der Waals surface area contributed by atoms with Crippen molar-refractivity contribution in [2.45, 2.75) is 62.7 Å². The number of rotatable bonds is 12. The van der Waals surface area contributed by atoms with Crippen LogP contribution in [0.2, 0.25) is 0 Å². The highest BCUT2D eigenvalue weighted by Crippen LogP contribution is 2.61. The van der Waals surface area contributed by atoms with Gasteiger partial charge in [-0.2, -0.15) is 0 Å². The first-order valence-electron chi connectivity index (χ1n) is 31.5. The summed E-state index contributed by atoms with van der Waals surface area (Å²) in [5, 5.41) is 21.2. The van der Waals surface area contributed by atoms with Crippen LogP contribution < -0.4 is 0 Å². The van der Waals surface area contributed by atoms with Crippen molar-refractivity contribution >= 4 is 97.0 Å². The van der Waals surface area contributed by atoms with Gasteiger partial charge in [0.2, 0.25) is 0 Å². The SMILES string of the molecule is CC1(C)O[C@@H](C(OCc2ccccc2)(C2=C3C=CC4=C5C(=CC=C(C=C2)C35)CC=C4)c2ccc3ccc4cccc5ccc2c3c45)[C@H](C(OCc2ccccc2)(c2ccc3ccc4cccc5ccc2c3c45)c2ccc3ccc4cccc5ccc2c3c45)O1. The summed E-state index contributed by atoms with van der Waals surface area (Å²) in [5.74, 6) is -1.26. The van der Waals surface area contributed by atoms with Crippen molar-refractivity contribution < 1.29 is 18.9 Å². The Morgan fingerprint density at radius 1 is 0.393 bits per heavy atom. The first-order valence-corrected chi connectivity index (χ1v) is 31.5. The topological polar surface area (TPSA) is 36.9 Å². The maximum Gasteiger partial charge on any atom is 0.164 e. The molecule has 424 valence electrons. The van der Waals surface area contributed by atoms with Crippen LogP contribution in [0.3, 0.4) is 0 Å². The number of hydrogen-bond acceptors (Lipinski definition) is 4. The molecule has 89 heavy (non-hydrogen) atoms. The Morgan fingerprint density at radius 3 is 1.29 bits per heavy atom.